The van der Waals surface area contributed by atoms with Crippen LogP contribution in [0.1, 0.15) is 0 Å². The van der Waals surface area contributed by atoms with Gasteiger partial charge >= 0.3 is 0 Å². The van der Waals surface area contributed by atoms with Crippen molar-refractivity contribution in [3.05, 3.63) is 66.7 Å². The summed E-state index contributed by atoms with van der Waals surface area (Å²) in [5.41, 5.74) is 14.2. The van der Waals surface area contributed by atoms with Crippen LogP contribution in [0, 0.1) is 0 Å². The van der Waals surface area contributed by atoms with Crippen molar-refractivity contribution in [1.82, 2.24) is 0 Å². The summed E-state index contributed by atoms with van der Waals surface area (Å²) in [6.07, 6.45) is 0. The number of nitrogens with zero attached hydrogens (tertiary/aromatic N) is 4. The number of rotatable bonds is 5. The van der Waals surface area contributed by atoms with Gasteiger partial charge in [0.15, 0.2) is 0 Å². The van der Waals surface area contributed by atoms with Gasteiger partial charge in [-0.15, -0.1) is 10.2 Å². The Kier molecular flexibility index (Phi) is 5.43. The number of azo groups is 2. The van der Waals surface area contributed by atoms with Gasteiger partial charge in [-0.2, -0.15) is 18.6 Å². The van der Waals surface area contributed by atoms with Crippen molar-refractivity contribution in [2.75, 3.05) is 11.5 Å². The molecule has 3 aromatic carbocycles. The number of hydrogen-bond donors (Lipinski definition) is 3. The molecule has 0 aliphatic heterocycles. The van der Waals surface area contributed by atoms with E-state index in [-0.39, 0.29) is 4.90 Å². The summed E-state index contributed by atoms with van der Waals surface area (Å²) in [6.45, 7) is 0. The molecular weight excluding hydrogens is 380 g/mol. The van der Waals surface area contributed by atoms with E-state index >= 15 is 0 Å². The van der Waals surface area contributed by atoms with Crippen molar-refractivity contribution >= 4 is 44.2 Å². The number of nitrogens with two attached hydrogens (primary N) is 2. The first-order chi connectivity index (χ1) is 13.3. The van der Waals surface area contributed by atoms with E-state index in [1.54, 1.807) is 18.2 Å². The molecule has 5 N–H and O–H groups in total. The second kappa shape index (κ2) is 7.94. The Labute approximate surface area is 161 Å². The lowest BCUT2D eigenvalue weighted by molar-refractivity contribution is 0.483. The Morgan fingerprint density at radius 3 is 1.68 bits per heavy atom. The fraction of sp³-hybridized carbons (Fsp3) is 0. The van der Waals surface area contributed by atoms with Gasteiger partial charge in [0.1, 0.15) is 11.4 Å². The van der Waals surface area contributed by atoms with Gasteiger partial charge < -0.3 is 11.5 Å². The minimum Gasteiger partial charge on any atom is -0.397 e. The number of nitrogen functional groups attached to an aromatic ring is 2. The molecule has 28 heavy (non-hydrogen) atoms. The van der Waals surface area contributed by atoms with Crippen LogP contribution in [0.5, 0.6) is 0 Å². The number of hydrogen-bond acceptors (Lipinski definition) is 8. The van der Waals surface area contributed by atoms with Crippen LogP contribution in [0.4, 0.5) is 34.1 Å². The lowest BCUT2D eigenvalue weighted by Crippen LogP contribution is -1.96. The van der Waals surface area contributed by atoms with Gasteiger partial charge in [-0.05, 0) is 48.5 Å². The van der Waals surface area contributed by atoms with Gasteiger partial charge in [0, 0.05) is 0 Å². The lowest BCUT2D eigenvalue weighted by atomic mass is 10.2. The smallest absolute Gasteiger partial charge is 0.294 e. The molecule has 0 aliphatic carbocycles. The van der Waals surface area contributed by atoms with E-state index in [0.29, 0.717) is 34.1 Å². The van der Waals surface area contributed by atoms with E-state index < -0.39 is 10.1 Å². The molecule has 0 fully saturated rings. The molecule has 9 nitrogen and oxygen atoms in total. The second-order valence-electron chi connectivity index (χ2n) is 5.67. The zero-order valence-electron chi connectivity index (χ0n) is 14.5. The highest BCUT2D eigenvalue weighted by Gasteiger charge is 2.09. The van der Waals surface area contributed by atoms with Gasteiger partial charge in [-0.1, -0.05) is 18.2 Å². The van der Waals surface area contributed by atoms with Crippen molar-refractivity contribution in [3.8, 4) is 0 Å². The molecule has 0 aromatic heterocycles. The van der Waals surface area contributed by atoms with Crippen LogP contribution in [0.3, 0.4) is 0 Å². The average Bonchev–Trinajstić information content (AvgIpc) is 2.67. The Hall–Kier alpha value is -3.63. The maximum absolute atomic E-state index is 11.1. The van der Waals surface area contributed by atoms with E-state index in [9.17, 15) is 8.42 Å². The molecule has 0 bridgehead atoms. The summed E-state index contributed by atoms with van der Waals surface area (Å²) in [7, 11) is -4.26. The average molecular weight is 396 g/mol. The highest BCUT2D eigenvalue weighted by Crippen LogP contribution is 2.35. The summed E-state index contributed by atoms with van der Waals surface area (Å²) in [5, 5.41) is 16.3. The molecule has 3 aromatic rings. The van der Waals surface area contributed by atoms with Gasteiger partial charge in [0.05, 0.1) is 27.6 Å². The largest absolute Gasteiger partial charge is 0.397 e. The third-order valence-electron chi connectivity index (χ3n) is 3.61. The quantitative estimate of drug-likeness (QED) is 0.317. The van der Waals surface area contributed by atoms with Crippen LogP contribution in [0.15, 0.2) is 92.1 Å². The van der Waals surface area contributed by atoms with Crippen molar-refractivity contribution in [2.24, 2.45) is 20.5 Å². The molecule has 0 amide bonds. The minimum atomic E-state index is -4.26. The van der Waals surface area contributed by atoms with Gasteiger partial charge in [0.25, 0.3) is 10.1 Å². The molecule has 142 valence electrons. The highest BCUT2D eigenvalue weighted by atomic mass is 32.2. The Morgan fingerprint density at radius 2 is 1.18 bits per heavy atom. The fourth-order valence-electron chi connectivity index (χ4n) is 2.19. The van der Waals surface area contributed by atoms with E-state index in [1.165, 1.54) is 30.3 Å². The Balaban J connectivity index is 1.86. The summed E-state index contributed by atoms with van der Waals surface area (Å²) < 4.78 is 31.1. The summed E-state index contributed by atoms with van der Waals surface area (Å²) >= 11 is 0. The molecule has 10 heteroatoms. The van der Waals surface area contributed by atoms with E-state index in [4.69, 9.17) is 16.0 Å². The molecule has 0 heterocycles. The fourth-order valence-corrected chi connectivity index (χ4v) is 2.67. The zero-order chi connectivity index (χ0) is 20.1. The first-order valence-corrected chi connectivity index (χ1v) is 9.42. The van der Waals surface area contributed by atoms with Gasteiger partial charge in [0.2, 0.25) is 0 Å². The van der Waals surface area contributed by atoms with Crippen molar-refractivity contribution < 1.29 is 13.0 Å². The lowest BCUT2D eigenvalue weighted by Gasteiger charge is -2.04. The van der Waals surface area contributed by atoms with Crippen LogP contribution < -0.4 is 11.5 Å². The number of benzene rings is 3. The summed E-state index contributed by atoms with van der Waals surface area (Å²) in [6, 6.07) is 17.4. The van der Waals surface area contributed by atoms with Crippen molar-refractivity contribution in [3.63, 3.8) is 0 Å². The topological polar surface area (TPSA) is 156 Å². The molecule has 3 rings (SSSR count). The highest BCUT2D eigenvalue weighted by molar-refractivity contribution is 7.85. The maximum Gasteiger partial charge on any atom is 0.294 e. The van der Waals surface area contributed by atoms with Crippen LogP contribution in [-0.4, -0.2) is 13.0 Å². The SMILES string of the molecule is Nc1cc(N)c(N=Nc2ccc(S(=O)(=O)O)cc2)cc1N=Nc1ccccc1. The van der Waals surface area contributed by atoms with Crippen LogP contribution in [0.2, 0.25) is 0 Å². The van der Waals surface area contributed by atoms with Crippen LogP contribution in [-0.2, 0) is 10.1 Å². The van der Waals surface area contributed by atoms with Crippen LogP contribution >= 0.6 is 0 Å². The van der Waals surface area contributed by atoms with E-state index in [2.05, 4.69) is 20.5 Å². The molecule has 0 saturated heterocycles. The summed E-state index contributed by atoms with van der Waals surface area (Å²) in [5.74, 6) is 0. The molecule has 0 radical (unpaired) electrons. The predicted molar refractivity (Wildman–Crippen MR) is 106 cm³/mol. The standard InChI is InChI=1S/C18H16N6O3S/c19-15-10-16(20)18(11-17(15)23-21-12-4-2-1-3-5-12)24-22-13-6-8-14(9-7-13)28(25,26)27/h1-11H,19-20H2,(H,25,26,27). The zero-order valence-corrected chi connectivity index (χ0v) is 15.3. The third-order valence-corrected chi connectivity index (χ3v) is 4.48. The third kappa shape index (κ3) is 4.75. The molecule has 0 spiro atoms. The maximum atomic E-state index is 11.1. The molecule has 0 atom stereocenters. The van der Waals surface area contributed by atoms with Crippen LogP contribution in [0.25, 0.3) is 0 Å². The monoisotopic (exact) mass is 396 g/mol. The first-order valence-electron chi connectivity index (χ1n) is 7.98. The Morgan fingerprint density at radius 1 is 0.679 bits per heavy atom. The predicted octanol–water partition coefficient (Wildman–Crippen LogP) is 4.93. The minimum absolute atomic E-state index is 0.234. The van der Waals surface area contributed by atoms with E-state index in [1.807, 2.05) is 18.2 Å². The summed E-state index contributed by atoms with van der Waals surface area (Å²) in [4.78, 5) is -0.234. The van der Waals surface area contributed by atoms with Gasteiger partial charge in [-0.3, -0.25) is 4.55 Å². The van der Waals surface area contributed by atoms with Crippen molar-refractivity contribution in [1.29, 1.82) is 0 Å². The van der Waals surface area contributed by atoms with Crippen molar-refractivity contribution in [2.45, 2.75) is 4.90 Å². The molecule has 0 unspecified atom stereocenters. The second-order valence-corrected chi connectivity index (χ2v) is 7.10. The van der Waals surface area contributed by atoms with Gasteiger partial charge in [-0.25, -0.2) is 0 Å². The van der Waals surface area contributed by atoms with E-state index in [0.717, 1.165) is 0 Å². The molecule has 0 saturated carbocycles. The first kappa shape index (κ1) is 19.1. The molecule has 0 aliphatic rings. The molecular formula is C18H16N6O3S. The Bertz CT molecular complexity index is 1140. The number of anilines is 2. The normalized spacial score (nSPS) is 12.0.